The molecule has 0 radical (unpaired) electrons. The molecule has 4 rings (SSSR count). The van der Waals surface area contributed by atoms with Crippen molar-refractivity contribution < 1.29 is 19.0 Å². The highest BCUT2D eigenvalue weighted by Gasteiger charge is 2.14. The molecule has 4 aromatic rings. The van der Waals surface area contributed by atoms with Crippen LogP contribution in [0.4, 0.5) is 4.39 Å². The van der Waals surface area contributed by atoms with Crippen LogP contribution in [0.2, 0.25) is 0 Å². The first-order valence-corrected chi connectivity index (χ1v) is 10.1. The molecule has 0 aliphatic rings. The van der Waals surface area contributed by atoms with Crippen molar-refractivity contribution in [3.05, 3.63) is 107 Å². The van der Waals surface area contributed by atoms with Crippen LogP contribution in [0.1, 0.15) is 21.5 Å². The van der Waals surface area contributed by atoms with Crippen molar-refractivity contribution in [2.45, 2.75) is 6.54 Å². The number of nitrogens with zero attached hydrogens (tertiary/aromatic N) is 1. The van der Waals surface area contributed by atoms with Gasteiger partial charge in [0, 0.05) is 12.6 Å². The molecule has 0 aliphatic heterocycles. The molecule has 0 fully saturated rings. The molecule has 0 saturated heterocycles. The number of hydrogen-bond donors (Lipinski definition) is 2. The number of halogens is 1. The first-order valence-electron chi connectivity index (χ1n) is 10.1. The Morgan fingerprint density at radius 2 is 1.67 bits per heavy atom. The van der Waals surface area contributed by atoms with Gasteiger partial charge in [0.1, 0.15) is 17.3 Å². The monoisotopic (exact) mass is 438 g/mol. The first kappa shape index (κ1) is 21.8. The van der Waals surface area contributed by atoms with Crippen LogP contribution in [0.5, 0.6) is 11.5 Å². The van der Waals surface area contributed by atoms with E-state index in [9.17, 15) is 19.6 Å². The van der Waals surface area contributed by atoms with Gasteiger partial charge in [0.05, 0.1) is 17.2 Å². The summed E-state index contributed by atoms with van der Waals surface area (Å²) in [5.41, 5.74) is 9.50. The van der Waals surface area contributed by atoms with Crippen LogP contribution < -0.4 is 10.5 Å². The first-order chi connectivity index (χ1) is 16.0. The highest BCUT2D eigenvalue weighted by atomic mass is 19.1. The fraction of sp³-hybridized carbons (Fsp3) is 0.0370. The van der Waals surface area contributed by atoms with Gasteiger partial charge in [0.25, 0.3) is 0 Å². The molecule has 0 atom stereocenters. The lowest BCUT2D eigenvalue weighted by atomic mass is 9.99. The van der Waals surface area contributed by atoms with Gasteiger partial charge in [-0.25, -0.2) is 9.18 Å². The molecular weight excluding hydrogens is 419 g/mol. The van der Waals surface area contributed by atoms with Crippen LogP contribution in [-0.4, -0.2) is 11.1 Å². The molecule has 0 spiro atoms. The van der Waals surface area contributed by atoms with Gasteiger partial charge in [0.15, 0.2) is 0 Å². The summed E-state index contributed by atoms with van der Waals surface area (Å²) in [5.74, 6) is -1.15. The Hall–Kier alpha value is -4.47. The molecule has 33 heavy (non-hydrogen) atoms. The number of carboxylic acids is 1. The number of benzene rings is 4. The van der Waals surface area contributed by atoms with Crippen molar-refractivity contribution in [2.75, 3.05) is 0 Å². The largest absolute Gasteiger partial charge is 0.478 e. The van der Waals surface area contributed by atoms with E-state index in [1.807, 2.05) is 24.3 Å². The highest BCUT2D eigenvalue weighted by molar-refractivity contribution is 5.96. The molecule has 0 bridgehead atoms. The fourth-order valence-corrected chi connectivity index (χ4v) is 3.60. The predicted molar refractivity (Wildman–Crippen MR) is 123 cm³/mol. The van der Waals surface area contributed by atoms with E-state index in [2.05, 4.69) is 6.07 Å². The smallest absolute Gasteiger partial charge is 0.336 e. The van der Waals surface area contributed by atoms with Crippen molar-refractivity contribution in [2.24, 2.45) is 5.73 Å². The average molecular weight is 438 g/mol. The van der Waals surface area contributed by atoms with E-state index < -0.39 is 11.8 Å². The molecule has 0 unspecified atom stereocenters. The van der Waals surface area contributed by atoms with Gasteiger partial charge in [0.2, 0.25) is 0 Å². The summed E-state index contributed by atoms with van der Waals surface area (Å²) in [6.45, 7) is 0.388. The van der Waals surface area contributed by atoms with Gasteiger partial charge in [-0.05, 0) is 70.3 Å². The standard InChI is InChI=1S/C27H19FN2O3/c28-22-11-21(25-6-1-2-7-26(25)27(31)32)13-24(14-22)33-23-10-18(16-30)9-20(12-23)19-5-3-4-17(8-19)15-29/h1-14H,15,29H2,(H,31,32). The molecule has 0 aromatic heterocycles. The Morgan fingerprint density at radius 3 is 2.42 bits per heavy atom. The third-order valence-electron chi connectivity index (χ3n) is 5.11. The number of nitriles is 1. The zero-order valence-corrected chi connectivity index (χ0v) is 17.5. The third kappa shape index (κ3) is 4.90. The second-order valence-electron chi connectivity index (χ2n) is 7.39. The van der Waals surface area contributed by atoms with Crippen LogP contribution in [0, 0.1) is 17.1 Å². The van der Waals surface area contributed by atoms with Crippen LogP contribution in [0.15, 0.2) is 84.9 Å². The van der Waals surface area contributed by atoms with Gasteiger partial charge in [-0.2, -0.15) is 5.26 Å². The summed E-state index contributed by atoms with van der Waals surface area (Å²) in [7, 11) is 0. The number of hydrogen-bond acceptors (Lipinski definition) is 4. The van der Waals surface area contributed by atoms with Gasteiger partial charge in [-0.1, -0.05) is 36.4 Å². The van der Waals surface area contributed by atoms with E-state index in [-0.39, 0.29) is 11.3 Å². The zero-order chi connectivity index (χ0) is 23.4. The van der Waals surface area contributed by atoms with Crippen LogP contribution in [0.3, 0.4) is 0 Å². The lowest BCUT2D eigenvalue weighted by Gasteiger charge is -2.12. The summed E-state index contributed by atoms with van der Waals surface area (Å²) in [4.78, 5) is 11.6. The quantitative estimate of drug-likeness (QED) is 0.386. The number of nitrogens with two attached hydrogens (primary N) is 1. The van der Waals surface area contributed by atoms with E-state index in [1.54, 1.807) is 42.5 Å². The Balaban J connectivity index is 1.74. The van der Waals surface area contributed by atoms with Crippen molar-refractivity contribution in [1.82, 2.24) is 0 Å². The van der Waals surface area contributed by atoms with Crippen molar-refractivity contribution in [3.8, 4) is 39.8 Å². The van der Waals surface area contributed by atoms with E-state index >= 15 is 0 Å². The number of ether oxygens (including phenoxy) is 1. The van der Waals surface area contributed by atoms with Gasteiger partial charge < -0.3 is 15.6 Å². The maximum Gasteiger partial charge on any atom is 0.336 e. The zero-order valence-electron chi connectivity index (χ0n) is 17.5. The minimum atomic E-state index is -1.11. The van der Waals surface area contributed by atoms with Crippen molar-refractivity contribution in [1.29, 1.82) is 5.26 Å². The number of aromatic carboxylic acids is 1. The van der Waals surface area contributed by atoms with E-state index in [0.29, 0.717) is 29.0 Å². The number of carboxylic acid groups (broad SMARTS) is 1. The molecule has 0 aliphatic carbocycles. The Morgan fingerprint density at radius 1 is 0.909 bits per heavy atom. The minimum absolute atomic E-state index is 0.0580. The Kier molecular flexibility index (Phi) is 6.16. The molecule has 6 heteroatoms. The lowest BCUT2D eigenvalue weighted by molar-refractivity contribution is 0.0697. The highest BCUT2D eigenvalue weighted by Crippen LogP contribution is 2.33. The minimum Gasteiger partial charge on any atom is -0.478 e. The van der Waals surface area contributed by atoms with E-state index in [4.69, 9.17) is 10.5 Å². The summed E-state index contributed by atoms with van der Waals surface area (Å²) in [5, 5.41) is 18.9. The van der Waals surface area contributed by atoms with Gasteiger partial charge >= 0.3 is 5.97 Å². The fourth-order valence-electron chi connectivity index (χ4n) is 3.60. The molecule has 3 N–H and O–H groups in total. The molecule has 0 saturated carbocycles. The summed E-state index contributed by atoms with van der Waals surface area (Å²) >= 11 is 0. The predicted octanol–water partition coefficient (Wildman–Crippen LogP) is 5.98. The summed E-state index contributed by atoms with van der Waals surface area (Å²) in [6.07, 6.45) is 0. The number of rotatable bonds is 6. The lowest BCUT2D eigenvalue weighted by Crippen LogP contribution is -1.99. The average Bonchev–Trinajstić information content (AvgIpc) is 2.83. The molecule has 0 heterocycles. The summed E-state index contributed by atoms with van der Waals surface area (Å²) < 4.78 is 20.4. The topological polar surface area (TPSA) is 96.3 Å². The van der Waals surface area contributed by atoms with E-state index in [1.165, 1.54) is 18.2 Å². The molecular formula is C27H19FN2O3. The van der Waals surface area contributed by atoms with Crippen LogP contribution in [0.25, 0.3) is 22.3 Å². The second-order valence-corrected chi connectivity index (χ2v) is 7.39. The maximum atomic E-state index is 14.4. The van der Waals surface area contributed by atoms with Gasteiger partial charge in [-0.15, -0.1) is 0 Å². The number of carbonyl (C=O) groups is 1. The Labute approximate surface area is 190 Å². The van der Waals surface area contributed by atoms with E-state index in [0.717, 1.165) is 16.7 Å². The maximum absolute atomic E-state index is 14.4. The molecule has 4 aromatic carbocycles. The van der Waals surface area contributed by atoms with Gasteiger partial charge in [-0.3, -0.25) is 0 Å². The SMILES string of the molecule is N#Cc1cc(Oc2cc(F)cc(-c3ccccc3C(=O)O)c2)cc(-c2cccc(CN)c2)c1. The molecule has 5 nitrogen and oxygen atoms in total. The second kappa shape index (κ2) is 9.35. The molecule has 162 valence electrons. The van der Waals surface area contributed by atoms with Crippen molar-refractivity contribution >= 4 is 5.97 Å². The van der Waals surface area contributed by atoms with Crippen molar-refractivity contribution in [3.63, 3.8) is 0 Å². The van der Waals surface area contributed by atoms with Crippen LogP contribution >= 0.6 is 0 Å². The summed E-state index contributed by atoms with van der Waals surface area (Å²) in [6, 6.07) is 25.2. The molecule has 0 amide bonds. The normalized spacial score (nSPS) is 10.5. The Bertz CT molecular complexity index is 1390. The third-order valence-corrected chi connectivity index (χ3v) is 5.11. The van der Waals surface area contributed by atoms with Crippen LogP contribution in [-0.2, 0) is 6.54 Å².